The largest absolute Gasteiger partial charge is 0.497 e. The Morgan fingerprint density at radius 1 is 1.44 bits per heavy atom. The quantitative estimate of drug-likeness (QED) is 0.822. The van der Waals surface area contributed by atoms with E-state index >= 15 is 0 Å². The number of benzene rings is 1. The molecule has 1 N–H and O–H groups in total. The van der Waals surface area contributed by atoms with Crippen molar-refractivity contribution in [1.29, 1.82) is 0 Å². The third kappa shape index (κ3) is 2.92. The van der Waals surface area contributed by atoms with Crippen molar-refractivity contribution in [3.05, 3.63) is 23.8 Å². The number of ether oxygens (including phenoxy) is 1. The maximum Gasteiger partial charge on any atom is 0.319 e. The van der Waals surface area contributed by atoms with Crippen molar-refractivity contribution in [2.75, 3.05) is 7.11 Å². The number of carboxylic acids is 1. The van der Waals surface area contributed by atoms with Crippen molar-refractivity contribution in [3.63, 3.8) is 0 Å². The van der Waals surface area contributed by atoms with Crippen LogP contribution in [0.3, 0.4) is 0 Å². The van der Waals surface area contributed by atoms with Gasteiger partial charge in [-0.2, -0.15) is 0 Å². The molecule has 0 amide bonds. The molecule has 4 heteroatoms. The molecule has 0 bridgehead atoms. The summed E-state index contributed by atoms with van der Waals surface area (Å²) in [6.07, 6.45) is 0. The highest BCUT2D eigenvalue weighted by Crippen LogP contribution is 2.35. The van der Waals surface area contributed by atoms with Crippen LogP contribution in [0, 0.1) is 6.92 Å². The second-order valence-electron chi connectivity index (χ2n) is 4.05. The first-order valence-corrected chi connectivity index (χ1v) is 5.75. The van der Waals surface area contributed by atoms with Crippen LogP contribution in [0.15, 0.2) is 23.1 Å². The number of carboxylic acid groups (broad SMARTS) is 1. The summed E-state index contributed by atoms with van der Waals surface area (Å²) in [6, 6.07) is 5.64. The Morgan fingerprint density at radius 2 is 2.06 bits per heavy atom. The van der Waals surface area contributed by atoms with Crippen molar-refractivity contribution >= 4 is 17.7 Å². The smallest absolute Gasteiger partial charge is 0.319 e. The number of thioether (sulfide) groups is 1. The third-order valence-corrected chi connectivity index (χ3v) is 3.63. The van der Waals surface area contributed by atoms with Gasteiger partial charge in [0.1, 0.15) is 10.5 Å². The van der Waals surface area contributed by atoms with Crippen LogP contribution in [0.4, 0.5) is 0 Å². The number of rotatable bonds is 4. The van der Waals surface area contributed by atoms with Gasteiger partial charge in [0.25, 0.3) is 0 Å². The maximum absolute atomic E-state index is 11.0. The molecule has 0 saturated carbocycles. The van der Waals surface area contributed by atoms with Gasteiger partial charge in [-0.3, -0.25) is 4.79 Å². The van der Waals surface area contributed by atoms with Crippen LogP contribution >= 0.6 is 11.8 Å². The van der Waals surface area contributed by atoms with E-state index in [1.54, 1.807) is 21.0 Å². The highest BCUT2D eigenvalue weighted by atomic mass is 32.2. The standard InChI is InChI=1S/C12H16O3S/c1-8-7-9(15-4)5-6-10(8)16-12(2,3)11(13)14/h5-7H,1-4H3,(H,13,14). The lowest BCUT2D eigenvalue weighted by Gasteiger charge is -2.19. The lowest BCUT2D eigenvalue weighted by Crippen LogP contribution is -2.27. The Bertz CT molecular complexity index is 399. The molecular formula is C12H16O3S. The van der Waals surface area contributed by atoms with Crippen LogP contribution in [-0.4, -0.2) is 22.9 Å². The Morgan fingerprint density at radius 3 is 2.50 bits per heavy atom. The predicted molar refractivity (Wildman–Crippen MR) is 65.3 cm³/mol. The number of aliphatic carboxylic acids is 1. The second-order valence-corrected chi connectivity index (χ2v) is 5.71. The van der Waals surface area contributed by atoms with Gasteiger partial charge in [-0.25, -0.2) is 0 Å². The van der Waals surface area contributed by atoms with Crippen LogP contribution in [0.2, 0.25) is 0 Å². The molecule has 0 aromatic heterocycles. The van der Waals surface area contributed by atoms with E-state index in [1.165, 1.54) is 11.8 Å². The lowest BCUT2D eigenvalue weighted by molar-refractivity contribution is -0.138. The second kappa shape index (κ2) is 4.78. The molecule has 0 aliphatic heterocycles. The molecule has 0 saturated heterocycles. The van der Waals surface area contributed by atoms with Gasteiger partial charge in [0, 0.05) is 4.90 Å². The Kier molecular flexibility index (Phi) is 3.86. The zero-order valence-corrected chi connectivity index (χ0v) is 10.7. The number of hydrogen-bond donors (Lipinski definition) is 1. The molecule has 0 fully saturated rings. The number of carbonyl (C=O) groups is 1. The van der Waals surface area contributed by atoms with Crippen molar-refractivity contribution in [2.45, 2.75) is 30.4 Å². The Hall–Kier alpha value is -1.16. The van der Waals surface area contributed by atoms with Crippen LogP contribution in [0.5, 0.6) is 5.75 Å². The van der Waals surface area contributed by atoms with E-state index in [0.29, 0.717) is 0 Å². The minimum Gasteiger partial charge on any atom is -0.497 e. The van der Waals surface area contributed by atoms with Gasteiger partial charge in [-0.1, -0.05) is 0 Å². The molecule has 0 spiro atoms. The molecule has 16 heavy (non-hydrogen) atoms. The van der Waals surface area contributed by atoms with Gasteiger partial charge < -0.3 is 9.84 Å². The summed E-state index contributed by atoms with van der Waals surface area (Å²) >= 11 is 1.34. The first kappa shape index (κ1) is 12.9. The minimum absolute atomic E-state index is 0.787. The van der Waals surface area contributed by atoms with Gasteiger partial charge in [0.05, 0.1) is 7.11 Å². The average Bonchev–Trinajstić information content (AvgIpc) is 2.20. The molecule has 1 rings (SSSR count). The summed E-state index contributed by atoms with van der Waals surface area (Å²) in [5.41, 5.74) is 1.03. The Labute approximate surface area is 99.8 Å². The zero-order valence-electron chi connectivity index (χ0n) is 9.90. The maximum atomic E-state index is 11.0. The molecule has 88 valence electrons. The molecular weight excluding hydrogens is 224 g/mol. The molecule has 0 heterocycles. The van der Waals surface area contributed by atoms with Crippen LogP contribution < -0.4 is 4.74 Å². The summed E-state index contributed by atoms with van der Waals surface area (Å²) in [4.78, 5) is 12.0. The molecule has 3 nitrogen and oxygen atoms in total. The molecule has 0 aliphatic carbocycles. The highest BCUT2D eigenvalue weighted by Gasteiger charge is 2.28. The number of methoxy groups -OCH3 is 1. The van der Waals surface area contributed by atoms with Crippen LogP contribution in [-0.2, 0) is 4.79 Å². The van der Waals surface area contributed by atoms with Gasteiger partial charge in [0.2, 0.25) is 0 Å². The first-order chi connectivity index (χ1) is 7.36. The Balaban J connectivity index is 2.94. The van der Waals surface area contributed by atoms with Gasteiger partial charge in [0.15, 0.2) is 0 Å². The minimum atomic E-state index is -0.820. The fourth-order valence-electron chi connectivity index (χ4n) is 1.18. The van der Waals surface area contributed by atoms with Crippen molar-refractivity contribution in [3.8, 4) is 5.75 Å². The SMILES string of the molecule is COc1ccc(SC(C)(C)C(=O)O)c(C)c1. The highest BCUT2D eigenvalue weighted by molar-refractivity contribution is 8.01. The molecule has 0 aliphatic rings. The molecule has 1 aromatic carbocycles. The third-order valence-electron chi connectivity index (χ3n) is 2.26. The average molecular weight is 240 g/mol. The van der Waals surface area contributed by atoms with Crippen LogP contribution in [0.1, 0.15) is 19.4 Å². The molecule has 0 atom stereocenters. The summed E-state index contributed by atoms with van der Waals surface area (Å²) in [7, 11) is 1.61. The normalized spacial score (nSPS) is 11.2. The first-order valence-electron chi connectivity index (χ1n) is 4.94. The van der Waals surface area contributed by atoms with E-state index in [4.69, 9.17) is 9.84 Å². The van der Waals surface area contributed by atoms with Gasteiger partial charge >= 0.3 is 5.97 Å². The van der Waals surface area contributed by atoms with E-state index in [-0.39, 0.29) is 0 Å². The number of hydrogen-bond acceptors (Lipinski definition) is 3. The molecule has 1 aromatic rings. The summed E-state index contributed by atoms with van der Waals surface area (Å²) in [5.74, 6) is -0.0253. The zero-order chi connectivity index (χ0) is 12.3. The number of aryl methyl sites for hydroxylation is 1. The fourth-order valence-corrected chi connectivity index (χ4v) is 2.18. The van der Waals surface area contributed by atoms with Crippen molar-refractivity contribution < 1.29 is 14.6 Å². The molecule has 0 radical (unpaired) electrons. The predicted octanol–water partition coefficient (Wildman–Crippen LogP) is 2.96. The van der Waals surface area contributed by atoms with Crippen molar-refractivity contribution in [2.24, 2.45) is 0 Å². The van der Waals surface area contributed by atoms with E-state index in [2.05, 4.69) is 0 Å². The van der Waals surface area contributed by atoms with E-state index in [1.807, 2.05) is 25.1 Å². The topological polar surface area (TPSA) is 46.5 Å². The van der Waals surface area contributed by atoms with E-state index < -0.39 is 10.7 Å². The fraction of sp³-hybridized carbons (Fsp3) is 0.417. The van der Waals surface area contributed by atoms with Crippen molar-refractivity contribution in [1.82, 2.24) is 0 Å². The van der Waals surface area contributed by atoms with Gasteiger partial charge in [-0.05, 0) is 44.5 Å². The monoisotopic (exact) mass is 240 g/mol. The van der Waals surface area contributed by atoms with Gasteiger partial charge in [-0.15, -0.1) is 11.8 Å². The van der Waals surface area contributed by atoms with E-state index in [9.17, 15) is 4.79 Å². The van der Waals surface area contributed by atoms with Crippen LogP contribution in [0.25, 0.3) is 0 Å². The summed E-state index contributed by atoms with van der Waals surface area (Å²) in [5, 5.41) is 9.05. The summed E-state index contributed by atoms with van der Waals surface area (Å²) in [6.45, 7) is 5.34. The lowest BCUT2D eigenvalue weighted by atomic mass is 10.2. The van der Waals surface area contributed by atoms with E-state index in [0.717, 1.165) is 16.2 Å². The molecule has 0 unspecified atom stereocenters. The summed E-state index contributed by atoms with van der Waals surface area (Å²) < 4.78 is 4.28.